The molecule has 2 unspecified atom stereocenters. The van der Waals surface area contributed by atoms with Crippen molar-refractivity contribution in [1.29, 1.82) is 0 Å². The highest BCUT2D eigenvalue weighted by Crippen LogP contribution is 2.33. The fourth-order valence-electron chi connectivity index (χ4n) is 3.11. The van der Waals surface area contributed by atoms with E-state index in [1.807, 2.05) is 0 Å². The van der Waals surface area contributed by atoms with Gasteiger partial charge in [-0.2, -0.15) is 13.2 Å². The van der Waals surface area contributed by atoms with Crippen molar-refractivity contribution < 1.29 is 22.7 Å². The molecule has 0 aliphatic carbocycles. The van der Waals surface area contributed by atoms with Crippen molar-refractivity contribution in [2.24, 2.45) is 5.92 Å². The number of rotatable bonds is 6. The van der Waals surface area contributed by atoms with Gasteiger partial charge in [0.15, 0.2) is 0 Å². The Hall–Kier alpha value is -1.34. The van der Waals surface area contributed by atoms with Crippen molar-refractivity contribution in [2.45, 2.75) is 57.2 Å². The molecule has 1 aromatic rings. The van der Waals surface area contributed by atoms with Crippen LogP contribution in [0.2, 0.25) is 25.7 Å². The van der Waals surface area contributed by atoms with E-state index in [4.69, 9.17) is 4.74 Å². The van der Waals surface area contributed by atoms with Gasteiger partial charge in [-0.3, -0.25) is 4.79 Å². The maximum atomic E-state index is 12.7. The van der Waals surface area contributed by atoms with Crippen molar-refractivity contribution in [2.75, 3.05) is 13.2 Å². The highest BCUT2D eigenvalue weighted by Gasteiger charge is 2.31. The summed E-state index contributed by atoms with van der Waals surface area (Å²) in [7, 11) is -1.22. The van der Waals surface area contributed by atoms with Gasteiger partial charge in [0.2, 0.25) is 0 Å². The second-order valence-corrected chi connectivity index (χ2v) is 13.9. The summed E-state index contributed by atoms with van der Waals surface area (Å²) in [6.07, 6.45) is -2.33. The molecule has 0 spiro atoms. The lowest BCUT2D eigenvalue weighted by molar-refractivity contribution is -0.144. The lowest BCUT2D eigenvalue weighted by atomic mass is 9.86. The molecule has 0 radical (unpaired) electrons. The molecule has 0 saturated carbocycles. The van der Waals surface area contributed by atoms with E-state index in [2.05, 4.69) is 25.0 Å². The summed E-state index contributed by atoms with van der Waals surface area (Å²) < 4.78 is 43.4. The summed E-state index contributed by atoms with van der Waals surface area (Å²) in [5.74, 6) is 0.0317. The third-order valence-electron chi connectivity index (χ3n) is 4.72. The third kappa shape index (κ3) is 6.76. The van der Waals surface area contributed by atoms with E-state index < -0.39 is 19.8 Å². The average Bonchev–Trinajstić information content (AvgIpc) is 2.53. The zero-order valence-electron chi connectivity index (χ0n) is 15.7. The Morgan fingerprint density at radius 2 is 1.88 bits per heavy atom. The zero-order valence-corrected chi connectivity index (χ0v) is 16.7. The molecule has 1 aliphatic rings. The van der Waals surface area contributed by atoms with Crippen LogP contribution < -0.4 is 5.32 Å². The summed E-state index contributed by atoms with van der Waals surface area (Å²) in [5.41, 5.74) is 0.189. The molecule has 0 amide bonds. The molecule has 0 aromatic heterocycles. The topological polar surface area (TPSA) is 38.3 Å². The van der Waals surface area contributed by atoms with E-state index in [1.165, 1.54) is 12.1 Å². The molecule has 1 N–H and O–H groups in total. The Kier molecular flexibility index (Phi) is 6.90. The number of carbonyl (C=O) groups excluding carboxylic acids is 1. The Morgan fingerprint density at radius 1 is 1.23 bits per heavy atom. The lowest BCUT2D eigenvalue weighted by Gasteiger charge is -2.30. The normalized spacial score (nSPS) is 21.5. The molecule has 2 atom stereocenters. The van der Waals surface area contributed by atoms with Gasteiger partial charge in [0.1, 0.15) is 0 Å². The number of nitrogens with one attached hydrogen (secondary N) is 1. The van der Waals surface area contributed by atoms with Crippen molar-refractivity contribution in [1.82, 2.24) is 5.32 Å². The van der Waals surface area contributed by atoms with E-state index in [-0.39, 0.29) is 17.9 Å². The van der Waals surface area contributed by atoms with E-state index in [9.17, 15) is 18.0 Å². The van der Waals surface area contributed by atoms with Crippen LogP contribution in [0.1, 0.15) is 36.4 Å². The van der Waals surface area contributed by atoms with Gasteiger partial charge in [-0.05, 0) is 49.0 Å². The molecule has 1 aromatic carbocycles. The van der Waals surface area contributed by atoms with Crippen molar-refractivity contribution >= 4 is 14.0 Å². The van der Waals surface area contributed by atoms with Crippen molar-refractivity contribution in [3.8, 4) is 0 Å². The van der Waals surface area contributed by atoms with Crippen LogP contribution >= 0.6 is 0 Å². The van der Waals surface area contributed by atoms with Crippen LogP contribution in [-0.4, -0.2) is 27.2 Å². The maximum Gasteiger partial charge on any atom is 0.416 e. The molecule has 1 saturated heterocycles. The minimum absolute atomic E-state index is 0.0224. The van der Waals surface area contributed by atoms with Gasteiger partial charge in [0.25, 0.3) is 0 Å². The lowest BCUT2D eigenvalue weighted by Crippen LogP contribution is -2.33. The number of alkyl halides is 3. The number of ether oxygens (including phenoxy) is 1. The quantitative estimate of drug-likeness (QED) is 0.550. The van der Waals surface area contributed by atoms with E-state index in [0.29, 0.717) is 13.0 Å². The zero-order chi connectivity index (χ0) is 19.4. The van der Waals surface area contributed by atoms with Gasteiger partial charge in [0, 0.05) is 20.5 Å². The molecule has 1 aliphatic heterocycles. The van der Waals surface area contributed by atoms with Crippen LogP contribution in [0.3, 0.4) is 0 Å². The maximum absolute atomic E-state index is 12.7. The van der Waals surface area contributed by atoms with Crippen LogP contribution in [0.4, 0.5) is 13.2 Å². The Balaban J connectivity index is 1.86. The first kappa shape index (κ1) is 21.0. The molecule has 26 heavy (non-hydrogen) atoms. The Morgan fingerprint density at radius 3 is 2.46 bits per heavy atom. The number of carbonyl (C=O) groups is 1. The van der Waals surface area contributed by atoms with Crippen LogP contribution in [0.25, 0.3) is 0 Å². The van der Waals surface area contributed by atoms with Crippen molar-refractivity contribution in [3.05, 3.63) is 35.4 Å². The van der Waals surface area contributed by atoms with Crippen LogP contribution in [0, 0.1) is 5.92 Å². The average molecular weight is 388 g/mol. The second kappa shape index (κ2) is 8.56. The molecule has 7 heteroatoms. The van der Waals surface area contributed by atoms with Crippen LogP contribution in [0.5, 0.6) is 0 Å². The summed E-state index contributed by atoms with van der Waals surface area (Å²) in [6, 6.07) is 6.21. The van der Waals surface area contributed by atoms with Gasteiger partial charge < -0.3 is 10.1 Å². The molecule has 146 valence electrons. The Labute approximate surface area is 154 Å². The number of esters is 1. The highest BCUT2D eigenvalue weighted by atomic mass is 28.3. The van der Waals surface area contributed by atoms with Gasteiger partial charge >= 0.3 is 12.1 Å². The molecule has 0 bridgehead atoms. The first-order valence-corrected chi connectivity index (χ1v) is 12.8. The summed E-state index contributed by atoms with van der Waals surface area (Å²) >= 11 is 0. The van der Waals surface area contributed by atoms with Gasteiger partial charge in [-0.15, -0.1) is 0 Å². The molecule has 1 fully saturated rings. The Bertz CT molecular complexity index is 596. The number of benzene rings is 1. The number of halogens is 3. The minimum Gasteiger partial charge on any atom is -0.466 e. The predicted molar refractivity (Wildman–Crippen MR) is 98.6 cm³/mol. The molecular formula is C19H28F3NO2Si. The van der Waals surface area contributed by atoms with Gasteiger partial charge in [-0.25, -0.2) is 0 Å². The van der Waals surface area contributed by atoms with Gasteiger partial charge in [-0.1, -0.05) is 31.8 Å². The van der Waals surface area contributed by atoms with Gasteiger partial charge in [0.05, 0.1) is 12.2 Å². The fourth-order valence-corrected chi connectivity index (χ4v) is 3.82. The summed E-state index contributed by atoms with van der Waals surface area (Å²) in [5, 5.41) is 3.33. The minimum atomic E-state index is -4.32. The van der Waals surface area contributed by atoms with Crippen molar-refractivity contribution in [3.63, 3.8) is 0 Å². The van der Waals surface area contributed by atoms with E-state index in [1.54, 1.807) is 0 Å². The number of hydrogen-bond donors (Lipinski definition) is 1. The number of piperidine rings is 1. The monoisotopic (exact) mass is 387 g/mol. The molecule has 2 rings (SSSR count). The predicted octanol–water partition coefficient (Wildman–Crippen LogP) is 5.02. The number of hydrogen-bond acceptors (Lipinski definition) is 3. The van der Waals surface area contributed by atoms with E-state index >= 15 is 0 Å². The second-order valence-electron chi connectivity index (χ2n) is 8.25. The molecular weight excluding hydrogens is 359 g/mol. The first-order chi connectivity index (χ1) is 12.0. The van der Waals surface area contributed by atoms with E-state index in [0.717, 1.165) is 43.1 Å². The standard InChI is InChI=1S/C19H28F3NO2Si/c1-26(2,3)11-10-25-18(24)13-14-8-9-23-17(12-14)15-4-6-16(7-5-15)19(20,21)22/h4-7,14,17,23H,8-13H2,1-3H3. The summed E-state index contributed by atoms with van der Waals surface area (Å²) in [4.78, 5) is 12.0. The summed E-state index contributed by atoms with van der Waals surface area (Å²) in [6.45, 7) is 7.95. The first-order valence-electron chi connectivity index (χ1n) is 9.11. The smallest absolute Gasteiger partial charge is 0.416 e. The SMILES string of the molecule is C[Si](C)(C)CCOC(=O)CC1CCNC(c2ccc(C(F)(F)F)cc2)C1. The largest absolute Gasteiger partial charge is 0.466 e. The third-order valence-corrected chi connectivity index (χ3v) is 6.43. The molecule has 1 heterocycles. The fraction of sp³-hybridized carbons (Fsp3) is 0.632. The highest BCUT2D eigenvalue weighted by molar-refractivity contribution is 6.76. The molecule has 3 nitrogen and oxygen atoms in total. The van der Waals surface area contributed by atoms with Crippen LogP contribution in [0.15, 0.2) is 24.3 Å². The van der Waals surface area contributed by atoms with Crippen LogP contribution in [-0.2, 0) is 15.7 Å².